The van der Waals surface area contributed by atoms with Gasteiger partial charge in [0.05, 0.1) is 0 Å². The fourth-order valence-electron chi connectivity index (χ4n) is 5.71. The van der Waals surface area contributed by atoms with Crippen molar-refractivity contribution in [3.8, 4) is 0 Å². The predicted octanol–water partition coefficient (Wildman–Crippen LogP) is 6.89. The molecular formula is C18H34AuClP. The fourth-order valence-corrected chi connectivity index (χ4v) is 27.2. The third-order valence-electron chi connectivity index (χ3n) is 6.70. The molecule has 0 heterocycles. The van der Waals surface area contributed by atoms with Crippen molar-refractivity contribution in [2.75, 3.05) is 0 Å². The first-order valence-corrected chi connectivity index (χ1v) is 17.5. The van der Waals surface area contributed by atoms with Crippen molar-refractivity contribution >= 4 is 14.3 Å². The van der Waals surface area contributed by atoms with Crippen LogP contribution in [-0.2, 0) is 18.1 Å². The minimum atomic E-state index is -1.20. The molecule has 0 nitrogen and oxygen atoms in total. The summed E-state index contributed by atoms with van der Waals surface area (Å²) in [6, 6.07) is 0. The maximum atomic E-state index is 6.98. The van der Waals surface area contributed by atoms with Crippen molar-refractivity contribution < 1.29 is 18.1 Å². The molecule has 3 aliphatic rings. The van der Waals surface area contributed by atoms with Crippen molar-refractivity contribution in [2.45, 2.75) is 113 Å². The fraction of sp³-hybridized carbons (Fsp3) is 1.00. The standard InChI is InChI=1S/C18H33P.Au.ClH/c1-4-10-16(11-5-1)19(17-12-6-2-7-13-17)18-14-8-3-9-15-18;;/h16-18H,1-15H2;;1H. The van der Waals surface area contributed by atoms with E-state index in [9.17, 15) is 0 Å². The molecule has 21 heavy (non-hydrogen) atoms. The van der Waals surface area contributed by atoms with Crippen LogP contribution in [0.2, 0.25) is 0 Å². The van der Waals surface area contributed by atoms with Crippen molar-refractivity contribution in [3.63, 3.8) is 0 Å². The number of hydrogen-bond donors (Lipinski definition) is 0. The van der Waals surface area contributed by atoms with Crippen LogP contribution < -0.4 is 0 Å². The third-order valence-corrected chi connectivity index (χ3v) is 27.1. The van der Waals surface area contributed by atoms with Crippen molar-refractivity contribution in [3.05, 3.63) is 0 Å². The molecule has 0 spiro atoms. The molecular weight excluding hydrogens is 480 g/mol. The van der Waals surface area contributed by atoms with Gasteiger partial charge in [0.1, 0.15) is 0 Å². The van der Waals surface area contributed by atoms with E-state index < -0.39 is 5.15 Å². The molecule has 0 aliphatic heterocycles. The van der Waals surface area contributed by atoms with E-state index in [-0.39, 0.29) is 18.1 Å². The molecule has 0 N–H and O–H groups in total. The summed E-state index contributed by atoms with van der Waals surface area (Å²) in [4.78, 5) is 0. The Morgan fingerprint density at radius 2 is 0.810 bits per heavy atom. The average molecular weight is 514 g/mol. The van der Waals surface area contributed by atoms with Gasteiger partial charge in [0.25, 0.3) is 0 Å². The molecule has 3 fully saturated rings. The third kappa shape index (κ3) is 3.77. The van der Waals surface area contributed by atoms with E-state index in [2.05, 4.69) is 0 Å². The second-order valence-electron chi connectivity index (χ2n) is 7.82. The Hall–Kier alpha value is 1.46. The van der Waals surface area contributed by atoms with E-state index in [1.807, 2.05) is 0 Å². The molecule has 129 valence electrons. The molecule has 0 unspecified atom stereocenters. The SMILES string of the molecule is [Cl][Au][PH](C1CCCCC1)(C1CCCCC1)C1CCCCC1. The summed E-state index contributed by atoms with van der Waals surface area (Å²) in [7, 11) is 6.98. The van der Waals surface area contributed by atoms with Crippen LogP contribution >= 0.6 is 14.3 Å². The first-order chi connectivity index (χ1) is 10.4. The van der Waals surface area contributed by atoms with Gasteiger partial charge in [-0.15, -0.1) is 0 Å². The molecule has 3 aliphatic carbocycles. The molecule has 0 aromatic heterocycles. The predicted molar refractivity (Wildman–Crippen MR) is 94.8 cm³/mol. The van der Waals surface area contributed by atoms with Gasteiger partial charge in [-0.2, -0.15) is 0 Å². The molecule has 0 amide bonds. The van der Waals surface area contributed by atoms with Gasteiger partial charge in [0.2, 0.25) is 0 Å². The van der Waals surface area contributed by atoms with Crippen molar-refractivity contribution in [2.24, 2.45) is 0 Å². The Morgan fingerprint density at radius 1 is 0.524 bits per heavy atom. The topological polar surface area (TPSA) is 0 Å². The van der Waals surface area contributed by atoms with Crippen LogP contribution in [0.3, 0.4) is 0 Å². The Bertz CT molecular complexity index is 259. The van der Waals surface area contributed by atoms with Crippen molar-refractivity contribution in [1.82, 2.24) is 0 Å². The van der Waals surface area contributed by atoms with Crippen LogP contribution in [0.1, 0.15) is 96.3 Å². The van der Waals surface area contributed by atoms with Gasteiger partial charge in [-0.25, -0.2) is 0 Å². The van der Waals surface area contributed by atoms with E-state index in [1.165, 1.54) is 57.8 Å². The molecule has 0 radical (unpaired) electrons. The zero-order valence-corrected chi connectivity index (χ0v) is 17.4. The Labute approximate surface area is 145 Å². The summed E-state index contributed by atoms with van der Waals surface area (Å²) in [5.74, 6) is 0. The monoisotopic (exact) mass is 513 g/mol. The number of halogens is 1. The minimum absolute atomic E-state index is 0.120. The van der Waals surface area contributed by atoms with Crippen molar-refractivity contribution in [1.29, 1.82) is 0 Å². The van der Waals surface area contributed by atoms with Crippen LogP contribution in [0.4, 0.5) is 0 Å². The Kier molecular flexibility index (Phi) is 7.02. The van der Waals surface area contributed by atoms with Crippen LogP contribution in [0, 0.1) is 0 Å². The molecule has 0 aromatic rings. The number of hydrogen-bond acceptors (Lipinski definition) is 0. The summed E-state index contributed by atoms with van der Waals surface area (Å²) in [6.07, 6.45) is 23.1. The zero-order valence-electron chi connectivity index (χ0n) is 13.5. The molecule has 0 saturated heterocycles. The van der Waals surface area contributed by atoms with Gasteiger partial charge >= 0.3 is 146 Å². The maximum absolute atomic E-state index is 6.98. The van der Waals surface area contributed by atoms with E-state index >= 15 is 0 Å². The first-order valence-electron chi connectivity index (χ1n) is 9.58. The summed E-state index contributed by atoms with van der Waals surface area (Å²) in [5, 5.41) is -1.20. The Morgan fingerprint density at radius 3 is 1.05 bits per heavy atom. The summed E-state index contributed by atoms with van der Waals surface area (Å²) < 4.78 is 0. The van der Waals surface area contributed by atoms with E-state index in [4.69, 9.17) is 9.19 Å². The molecule has 3 rings (SSSR count). The normalized spacial score (nSPS) is 28.8. The zero-order chi connectivity index (χ0) is 14.5. The molecule has 3 heteroatoms. The Balaban J connectivity index is 1.85. The van der Waals surface area contributed by atoms with Gasteiger partial charge in [-0.05, 0) is 0 Å². The van der Waals surface area contributed by atoms with Crippen LogP contribution in [0.5, 0.6) is 0 Å². The molecule has 3 saturated carbocycles. The van der Waals surface area contributed by atoms with Crippen LogP contribution in [0.25, 0.3) is 0 Å². The second-order valence-corrected chi connectivity index (χ2v) is 21.6. The van der Waals surface area contributed by atoms with Crippen LogP contribution in [0.15, 0.2) is 0 Å². The quantitative estimate of drug-likeness (QED) is 0.284. The molecule has 0 atom stereocenters. The van der Waals surface area contributed by atoms with E-state index in [0.717, 1.165) is 17.0 Å². The van der Waals surface area contributed by atoms with Gasteiger partial charge < -0.3 is 0 Å². The average Bonchev–Trinajstić information content (AvgIpc) is 2.59. The summed E-state index contributed by atoms with van der Waals surface area (Å²) in [6.45, 7) is 0. The second kappa shape index (κ2) is 8.53. The van der Waals surface area contributed by atoms with Gasteiger partial charge in [0.15, 0.2) is 0 Å². The summed E-state index contributed by atoms with van der Waals surface area (Å²) in [5.41, 5.74) is 3.41. The number of rotatable bonds is 4. The van der Waals surface area contributed by atoms with Gasteiger partial charge in [-0.1, -0.05) is 0 Å². The van der Waals surface area contributed by atoms with E-state index in [0.29, 0.717) is 0 Å². The van der Waals surface area contributed by atoms with Crippen LogP contribution in [-0.4, -0.2) is 17.0 Å². The first kappa shape index (κ1) is 17.3. The van der Waals surface area contributed by atoms with E-state index in [1.54, 1.807) is 38.5 Å². The van der Waals surface area contributed by atoms with Gasteiger partial charge in [-0.3, -0.25) is 0 Å². The van der Waals surface area contributed by atoms with Gasteiger partial charge in [0, 0.05) is 0 Å². The molecule has 0 bridgehead atoms. The molecule has 0 aromatic carbocycles. The summed E-state index contributed by atoms with van der Waals surface area (Å²) >= 11 is 0.120.